The van der Waals surface area contributed by atoms with Crippen LogP contribution in [0.4, 0.5) is 0 Å². The molecule has 3 rings (SSSR count). The number of benzene rings is 1. The number of carbonyl (C=O) groups is 1. The van der Waals surface area contributed by atoms with Gasteiger partial charge in [0.2, 0.25) is 5.91 Å². The van der Waals surface area contributed by atoms with Crippen LogP contribution < -0.4 is 5.73 Å². The molecule has 2 aliphatic rings. The minimum atomic E-state index is 0.272. The summed E-state index contributed by atoms with van der Waals surface area (Å²) in [6.07, 6.45) is 3.95. The molecular formula is C16H22N2O. The third kappa shape index (κ3) is 2.81. The van der Waals surface area contributed by atoms with Crippen LogP contribution >= 0.6 is 0 Å². The number of hydrogen-bond donors (Lipinski definition) is 1. The lowest BCUT2D eigenvalue weighted by Gasteiger charge is -2.27. The Morgan fingerprint density at radius 2 is 1.89 bits per heavy atom. The first-order valence-electron chi connectivity index (χ1n) is 7.29. The van der Waals surface area contributed by atoms with E-state index in [4.69, 9.17) is 5.73 Å². The first kappa shape index (κ1) is 12.7. The molecule has 2 N–H and O–H groups in total. The number of amides is 1. The van der Waals surface area contributed by atoms with Crippen molar-refractivity contribution in [3.05, 3.63) is 35.9 Å². The fraction of sp³-hybridized carbons (Fsp3) is 0.562. The van der Waals surface area contributed by atoms with Crippen molar-refractivity contribution in [3.8, 4) is 0 Å². The zero-order chi connectivity index (χ0) is 13.2. The Hall–Kier alpha value is -1.35. The minimum absolute atomic E-state index is 0.272. The smallest absolute Gasteiger partial charge is 0.227 e. The second-order valence-corrected chi connectivity index (χ2v) is 6.05. The summed E-state index contributed by atoms with van der Waals surface area (Å²) in [7, 11) is 0. The number of hydrogen-bond acceptors (Lipinski definition) is 2. The molecule has 19 heavy (non-hydrogen) atoms. The molecule has 1 aromatic carbocycles. The van der Waals surface area contributed by atoms with Gasteiger partial charge in [0.1, 0.15) is 0 Å². The Balaban J connectivity index is 1.60. The van der Waals surface area contributed by atoms with E-state index < -0.39 is 0 Å². The average molecular weight is 258 g/mol. The third-order valence-corrected chi connectivity index (χ3v) is 4.64. The van der Waals surface area contributed by atoms with Crippen LogP contribution in [-0.2, 0) is 11.2 Å². The maximum absolute atomic E-state index is 12.3. The Kier molecular flexibility index (Phi) is 3.56. The number of nitrogens with two attached hydrogens (primary N) is 1. The van der Waals surface area contributed by atoms with Gasteiger partial charge in [-0.25, -0.2) is 0 Å². The highest BCUT2D eigenvalue weighted by molar-refractivity contribution is 5.79. The number of fused-ring (bicyclic) bond motifs is 1. The monoisotopic (exact) mass is 258 g/mol. The van der Waals surface area contributed by atoms with Crippen molar-refractivity contribution >= 4 is 5.91 Å². The van der Waals surface area contributed by atoms with Gasteiger partial charge < -0.3 is 10.6 Å². The van der Waals surface area contributed by atoms with Gasteiger partial charge >= 0.3 is 0 Å². The van der Waals surface area contributed by atoms with Crippen molar-refractivity contribution in [3.63, 3.8) is 0 Å². The predicted octanol–water partition coefficient (Wildman–Crippen LogP) is 1.81. The molecule has 1 amide bonds. The van der Waals surface area contributed by atoms with Crippen molar-refractivity contribution in [2.45, 2.75) is 31.7 Å². The molecule has 3 nitrogen and oxygen atoms in total. The van der Waals surface area contributed by atoms with Gasteiger partial charge in [-0.2, -0.15) is 0 Å². The Morgan fingerprint density at radius 3 is 2.68 bits per heavy atom. The number of likely N-dealkylation sites (tertiary alicyclic amines) is 1. The van der Waals surface area contributed by atoms with E-state index in [0.717, 1.165) is 31.5 Å². The summed E-state index contributed by atoms with van der Waals surface area (Å²) in [4.78, 5) is 14.4. The SMILES string of the molecule is NC1CC[C@@H]2CN(C(=O)Cc3ccccc3)C[C@@H]2C1. The Morgan fingerprint density at radius 1 is 1.16 bits per heavy atom. The van der Waals surface area contributed by atoms with E-state index in [1.807, 2.05) is 30.3 Å². The molecule has 2 fully saturated rings. The Bertz CT molecular complexity index is 445. The molecule has 0 aromatic heterocycles. The highest BCUT2D eigenvalue weighted by atomic mass is 16.2. The molecule has 1 saturated heterocycles. The van der Waals surface area contributed by atoms with Gasteiger partial charge in [0.15, 0.2) is 0 Å². The fourth-order valence-electron chi connectivity index (χ4n) is 3.55. The van der Waals surface area contributed by atoms with E-state index in [2.05, 4.69) is 4.90 Å². The summed E-state index contributed by atoms with van der Waals surface area (Å²) >= 11 is 0. The number of carbonyl (C=O) groups excluding carboxylic acids is 1. The van der Waals surface area contributed by atoms with E-state index >= 15 is 0 Å². The maximum atomic E-state index is 12.3. The molecule has 0 radical (unpaired) electrons. The lowest BCUT2D eigenvalue weighted by atomic mass is 9.79. The largest absolute Gasteiger partial charge is 0.342 e. The van der Waals surface area contributed by atoms with Crippen LogP contribution in [-0.4, -0.2) is 29.9 Å². The first-order chi connectivity index (χ1) is 9.22. The molecule has 1 aromatic rings. The maximum Gasteiger partial charge on any atom is 0.227 e. The van der Waals surface area contributed by atoms with Crippen LogP contribution in [0.2, 0.25) is 0 Å². The molecule has 1 saturated carbocycles. The lowest BCUT2D eigenvalue weighted by Crippen LogP contribution is -2.32. The molecule has 3 heteroatoms. The molecule has 3 atom stereocenters. The second kappa shape index (κ2) is 5.33. The summed E-state index contributed by atoms with van der Waals surface area (Å²) in [5, 5.41) is 0. The molecule has 1 aliphatic heterocycles. The van der Waals surface area contributed by atoms with Crippen molar-refractivity contribution in [1.29, 1.82) is 0 Å². The summed E-state index contributed by atoms with van der Waals surface area (Å²) in [6, 6.07) is 10.4. The van der Waals surface area contributed by atoms with Crippen molar-refractivity contribution < 1.29 is 4.79 Å². The van der Waals surface area contributed by atoms with Crippen LogP contribution in [0.5, 0.6) is 0 Å². The van der Waals surface area contributed by atoms with Gasteiger partial charge in [-0.1, -0.05) is 30.3 Å². The second-order valence-electron chi connectivity index (χ2n) is 6.05. The van der Waals surface area contributed by atoms with Crippen LogP contribution in [0.1, 0.15) is 24.8 Å². The molecule has 1 unspecified atom stereocenters. The van der Waals surface area contributed by atoms with Crippen molar-refractivity contribution in [2.75, 3.05) is 13.1 Å². The van der Waals surface area contributed by atoms with Gasteiger partial charge in [0, 0.05) is 19.1 Å². The van der Waals surface area contributed by atoms with Crippen LogP contribution in [0.3, 0.4) is 0 Å². The summed E-state index contributed by atoms with van der Waals surface area (Å²) in [6.45, 7) is 1.87. The molecular weight excluding hydrogens is 236 g/mol. The van der Waals surface area contributed by atoms with Gasteiger partial charge in [0.05, 0.1) is 6.42 Å². The van der Waals surface area contributed by atoms with E-state index in [9.17, 15) is 4.79 Å². The lowest BCUT2D eigenvalue weighted by molar-refractivity contribution is -0.129. The molecule has 0 bridgehead atoms. The highest BCUT2D eigenvalue weighted by Crippen LogP contribution is 2.35. The molecule has 0 spiro atoms. The quantitative estimate of drug-likeness (QED) is 0.879. The Labute approximate surface area is 114 Å². The molecule has 102 valence electrons. The number of nitrogens with zero attached hydrogens (tertiary/aromatic N) is 1. The standard InChI is InChI=1S/C16H22N2O/c17-15-7-6-13-10-18(11-14(13)9-15)16(19)8-12-4-2-1-3-5-12/h1-5,13-15H,6-11,17H2/t13-,14+,15?/m1/s1. The van der Waals surface area contributed by atoms with Gasteiger partial charge in [-0.05, 0) is 36.7 Å². The third-order valence-electron chi connectivity index (χ3n) is 4.64. The van der Waals surface area contributed by atoms with Crippen LogP contribution in [0.15, 0.2) is 30.3 Å². The zero-order valence-corrected chi connectivity index (χ0v) is 11.3. The summed E-state index contributed by atoms with van der Waals surface area (Å²) < 4.78 is 0. The van der Waals surface area contributed by atoms with Crippen molar-refractivity contribution in [1.82, 2.24) is 4.90 Å². The van der Waals surface area contributed by atoms with E-state index in [1.54, 1.807) is 0 Å². The first-order valence-corrected chi connectivity index (χ1v) is 7.29. The van der Waals surface area contributed by atoms with Gasteiger partial charge in [-0.3, -0.25) is 4.79 Å². The summed E-state index contributed by atoms with van der Waals surface area (Å²) in [5.41, 5.74) is 7.14. The zero-order valence-electron chi connectivity index (χ0n) is 11.3. The van der Waals surface area contributed by atoms with E-state index in [0.29, 0.717) is 24.3 Å². The van der Waals surface area contributed by atoms with Crippen LogP contribution in [0.25, 0.3) is 0 Å². The minimum Gasteiger partial charge on any atom is -0.342 e. The average Bonchev–Trinajstić information content (AvgIpc) is 2.83. The predicted molar refractivity (Wildman–Crippen MR) is 75.5 cm³/mol. The van der Waals surface area contributed by atoms with Gasteiger partial charge in [-0.15, -0.1) is 0 Å². The van der Waals surface area contributed by atoms with Crippen LogP contribution in [0, 0.1) is 11.8 Å². The highest BCUT2D eigenvalue weighted by Gasteiger charge is 2.38. The van der Waals surface area contributed by atoms with Gasteiger partial charge in [0.25, 0.3) is 0 Å². The van der Waals surface area contributed by atoms with E-state index in [-0.39, 0.29) is 5.91 Å². The normalized spacial score (nSPS) is 30.2. The topological polar surface area (TPSA) is 46.3 Å². The van der Waals surface area contributed by atoms with E-state index in [1.165, 1.54) is 6.42 Å². The molecule has 1 aliphatic carbocycles. The molecule has 1 heterocycles. The van der Waals surface area contributed by atoms with Crippen molar-refractivity contribution in [2.24, 2.45) is 17.6 Å². The summed E-state index contributed by atoms with van der Waals surface area (Å²) in [5.74, 6) is 1.61. The number of rotatable bonds is 2. The fourth-order valence-corrected chi connectivity index (χ4v) is 3.55.